The van der Waals surface area contributed by atoms with Crippen LogP contribution in [0.3, 0.4) is 0 Å². The first-order chi connectivity index (χ1) is 6.63. The third-order valence-corrected chi connectivity index (χ3v) is 3.04. The molecule has 1 fully saturated rings. The summed E-state index contributed by atoms with van der Waals surface area (Å²) in [6.07, 6.45) is 3.01. The summed E-state index contributed by atoms with van der Waals surface area (Å²) in [5, 5.41) is 9.30. The van der Waals surface area contributed by atoms with Crippen LogP contribution in [0.25, 0.3) is 0 Å². The fourth-order valence-corrected chi connectivity index (χ4v) is 1.69. The van der Waals surface area contributed by atoms with E-state index in [0.29, 0.717) is 12.3 Å². The molecule has 1 aliphatic heterocycles. The fourth-order valence-electron chi connectivity index (χ4n) is 1.69. The number of carbonyl (C=O) groups excluding carboxylic acids is 1. The van der Waals surface area contributed by atoms with E-state index >= 15 is 0 Å². The van der Waals surface area contributed by atoms with Gasteiger partial charge in [0.15, 0.2) is 0 Å². The van der Waals surface area contributed by atoms with Crippen LogP contribution in [0, 0.1) is 5.92 Å². The molecule has 1 rings (SSSR count). The van der Waals surface area contributed by atoms with Crippen molar-refractivity contribution < 1.29 is 9.90 Å². The Morgan fingerprint density at radius 3 is 2.57 bits per heavy atom. The second kappa shape index (κ2) is 5.35. The minimum absolute atomic E-state index is 0.192. The number of aliphatic hydroxyl groups excluding tert-OH is 1. The van der Waals surface area contributed by atoms with E-state index in [1.54, 1.807) is 0 Å². The van der Waals surface area contributed by atoms with Crippen LogP contribution in [-0.2, 0) is 4.79 Å². The van der Waals surface area contributed by atoms with Crippen molar-refractivity contribution >= 4 is 5.91 Å². The summed E-state index contributed by atoms with van der Waals surface area (Å²) in [5.41, 5.74) is 0. The lowest BCUT2D eigenvalue weighted by Crippen LogP contribution is -2.40. The molecular weight excluding hydrogens is 178 g/mol. The number of nitrogens with zero attached hydrogens (tertiary/aromatic N) is 1. The molecule has 82 valence electrons. The topological polar surface area (TPSA) is 40.5 Å². The summed E-state index contributed by atoms with van der Waals surface area (Å²) in [4.78, 5) is 13.6. The molecule has 1 amide bonds. The van der Waals surface area contributed by atoms with Gasteiger partial charge in [0, 0.05) is 19.5 Å². The summed E-state index contributed by atoms with van der Waals surface area (Å²) in [5.74, 6) is 0.737. The highest BCUT2D eigenvalue weighted by Gasteiger charge is 2.21. The van der Waals surface area contributed by atoms with Crippen LogP contribution >= 0.6 is 0 Å². The minimum atomic E-state index is -0.192. The maximum Gasteiger partial charge on any atom is 0.222 e. The Hall–Kier alpha value is -0.570. The number of amides is 1. The molecule has 1 N–H and O–H groups in total. The first kappa shape index (κ1) is 11.5. The smallest absolute Gasteiger partial charge is 0.222 e. The highest BCUT2D eigenvalue weighted by atomic mass is 16.3. The Balaban J connectivity index is 2.30. The molecule has 1 atom stereocenters. The van der Waals surface area contributed by atoms with Gasteiger partial charge >= 0.3 is 0 Å². The van der Waals surface area contributed by atoms with Gasteiger partial charge in [-0.05, 0) is 18.8 Å². The van der Waals surface area contributed by atoms with Gasteiger partial charge in [-0.1, -0.05) is 20.3 Å². The molecule has 3 nitrogen and oxygen atoms in total. The largest absolute Gasteiger partial charge is 0.393 e. The van der Waals surface area contributed by atoms with E-state index in [1.165, 1.54) is 0 Å². The zero-order valence-corrected chi connectivity index (χ0v) is 9.20. The predicted octanol–water partition coefficient (Wildman–Crippen LogP) is 1.41. The summed E-state index contributed by atoms with van der Waals surface area (Å²) < 4.78 is 0. The number of piperidine rings is 1. The summed E-state index contributed by atoms with van der Waals surface area (Å²) in [6, 6.07) is 0. The number of aliphatic hydroxyl groups is 1. The van der Waals surface area contributed by atoms with Gasteiger partial charge in [-0.2, -0.15) is 0 Å². The maximum absolute atomic E-state index is 11.7. The molecule has 1 saturated heterocycles. The van der Waals surface area contributed by atoms with Crippen LogP contribution in [0.2, 0.25) is 0 Å². The van der Waals surface area contributed by atoms with E-state index < -0.39 is 0 Å². The van der Waals surface area contributed by atoms with Crippen molar-refractivity contribution in [1.29, 1.82) is 0 Å². The van der Waals surface area contributed by atoms with Gasteiger partial charge < -0.3 is 10.0 Å². The average molecular weight is 199 g/mol. The van der Waals surface area contributed by atoms with Crippen LogP contribution in [0.5, 0.6) is 0 Å². The van der Waals surface area contributed by atoms with Crippen molar-refractivity contribution in [3.63, 3.8) is 0 Å². The molecule has 0 saturated carbocycles. The SMILES string of the molecule is CC[C@H](C)CC(=O)N1CCC(O)CC1. The molecule has 0 aromatic heterocycles. The molecule has 0 aromatic carbocycles. The van der Waals surface area contributed by atoms with Gasteiger partial charge in [0.25, 0.3) is 0 Å². The summed E-state index contributed by atoms with van der Waals surface area (Å²) >= 11 is 0. The first-order valence-corrected chi connectivity index (χ1v) is 5.59. The van der Waals surface area contributed by atoms with Crippen LogP contribution in [0.1, 0.15) is 39.5 Å². The standard InChI is InChI=1S/C11H21NO2/c1-3-9(2)8-11(14)12-6-4-10(13)5-7-12/h9-10,13H,3-8H2,1-2H3/t9-/m0/s1. The van der Waals surface area contributed by atoms with E-state index in [-0.39, 0.29) is 12.0 Å². The molecule has 0 aliphatic carbocycles. The van der Waals surface area contributed by atoms with Crippen molar-refractivity contribution in [3.05, 3.63) is 0 Å². The van der Waals surface area contributed by atoms with Crippen molar-refractivity contribution in [1.82, 2.24) is 4.90 Å². The van der Waals surface area contributed by atoms with Gasteiger partial charge in [0.1, 0.15) is 0 Å². The zero-order chi connectivity index (χ0) is 10.6. The first-order valence-electron chi connectivity index (χ1n) is 5.59. The number of carbonyl (C=O) groups is 1. The second-order valence-corrected chi connectivity index (χ2v) is 4.33. The van der Waals surface area contributed by atoms with E-state index in [4.69, 9.17) is 0 Å². The molecule has 3 heteroatoms. The van der Waals surface area contributed by atoms with Gasteiger partial charge in [0.05, 0.1) is 6.10 Å². The van der Waals surface area contributed by atoms with Crippen molar-refractivity contribution in [2.24, 2.45) is 5.92 Å². The number of hydrogen-bond acceptors (Lipinski definition) is 2. The quantitative estimate of drug-likeness (QED) is 0.746. The number of likely N-dealkylation sites (tertiary alicyclic amines) is 1. The van der Waals surface area contributed by atoms with Crippen molar-refractivity contribution in [2.45, 2.75) is 45.6 Å². The van der Waals surface area contributed by atoms with E-state index in [1.807, 2.05) is 4.90 Å². The van der Waals surface area contributed by atoms with E-state index in [9.17, 15) is 9.90 Å². The molecule has 0 bridgehead atoms. The Bertz CT molecular complexity index is 186. The Morgan fingerprint density at radius 2 is 2.07 bits per heavy atom. The molecule has 0 unspecified atom stereocenters. The van der Waals surface area contributed by atoms with Crippen molar-refractivity contribution in [2.75, 3.05) is 13.1 Å². The lowest BCUT2D eigenvalue weighted by Gasteiger charge is -2.30. The molecule has 1 aliphatic rings. The fraction of sp³-hybridized carbons (Fsp3) is 0.909. The number of hydrogen-bond donors (Lipinski definition) is 1. The van der Waals surface area contributed by atoms with Gasteiger partial charge in [-0.15, -0.1) is 0 Å². The maximum atomic E-state index is 11.7. The molecular formula is C11H21NO2. The van der Waals surface area contributed by atoms with E-state index in [2.05, 4.69) is 13.8 Å². The third-order valence-electron chi connectivity index (χ3n) is 3.04. The molecule has 1 heterocycles. The second-order valence-electron chi connectivity index (χ2n) is 4.33. The van der Waals surface area contributed by atoms with Gasteiger partial charge in [-0.25, -0.2) is 0 Å². The van der Waals surface area contributed by atoms with E-state index in [0.717, 1.165) is 32.4 Å². The highest BCUT2D eigenvalue weighted by Crippen LogP contribution is 2.14. The summed E-state index contributed by atoms with van der Waals surface area (Å²) in [6.45, 7) is 5.68. The molecule has 0 radical (unpaired) electrons. The van der Waals surface area contributed by atoms with Crippen LogP contribution in [-0.4, -0.2) is 35.1 Å². The Kier molecular flexibility index (Phi) is 4.39. The zero-order valence-electron chi connectivity index (χ0n) is 9.20. The lowest BCUT2D eigenvalue weighted by atomic mass is 10.0. The molecule has 0 aromatic rings. The highest BCUT2D eigenvalue weighted by molar-refractivity contribution is 5.76. The molecule has 0 spiro atoms. The lowest BCUT2D eigenvalue weighted by molar-refractivity contribution is -0.134. The Morgan fingerprint density at radius 1 is 1.50 bits per heavy atom. The normalized spacial score (nSPS) is 20.9. The van der Waals surface area contributed by atoms with Crippen molar-refractivity contribution in [3.8, 4) is 0 Å². The molecule has 14 heavy (non-hydrogen) atoms. The van der Waals surface area contributed by atoms with Crippen LogP contribution < -0.4 is 0 Å². The van der Waals surface area contributed by atoms with Crippen LogP contribution in [0.4, 0.5) is 0 Å². The average Bonchev–Trinajstić information content (AvgIpc) is 2.18. The third kappa shape index (κ3) is 3.29. The minimum Gasteiger partial charge on any atom is -0.393 e. The predicted molar refractivity (Wildman–Crippen MR) is 55.9 cm³/mol. The van der Waals surface area contributed by atoms with Gasteiger partial charge in [-0.3, -0.25) is 4.79 Å². The van der Waals surface area contributed by atoms with Crippen LogP contribution in [0.15, 0.2) is 0 Å². The van der Waals surface area contributed by atoms with Gasteiger partial charge in [0.2, 0.25) is 5.91 Å². The number of rotatable bonds is 3. The summed E-state index contributed by atoms with van der Waals surface area (Å²) in [7, 11) is 0. The monoisotopic (exact) mass is 199 g/mol. The Labute approximate surface area is 86.1 Å².